The van der Waals surface area contributed by atoms with E-state index in [0.29, 0.717) is 13.1 Å². The van der Waals surface area contributed by atoms with Crippen molar-refractivity contribution in [1.29, 1.82) is 0 Å². The topological polar surface area (TPSA) is 86.9 Å². The average Bonchev–Trinajstić information content (AvgIpc) is 2.51. The van der Waals surface area contributed by atoms with Gasteiger partial charge in [-0.25, -0.2) is 18.1 Å². The van der Waals surface area contributed by atoms with Gasteiger partial charge in [-0.1, -0.05) is 0 Å². The van der Waals surface area contributed by atoms with E-state index in [4.69, 9.17) is 0 Å². The van der Waals surface area contributed by atoms with Crippen molar-refractivity contribution < 1.29 is 8.42 Å². The van der Waals surface area contributed by atoms with E-state index in [2.05, 4.69) is 20.0 Å². The molecule has 0 atom stereocenters. The van der Waals surface area contributed by atoms with Crippen molar-refractivity contribution >= 4 is 10.0 Å². The predicted octanol–water partition coefficient (Wildman–Crippen LogP) is -0.173. The molecule has 92 valence electrons. The first-order valence-corrected chi connectivity index (χ1v) is 6.86. The number of nitrogens with zero attached hydrogens (tertiary/aromatic N) is 1. The maximum Gasteiger partial charge on any atom is 0.209 e. The quantitative estimate of drug-likeness (QED) is 0.650. The molecule has 1 aromatic heterocycles. The highest BCUT2D eigenvalue weighted by Crippen LogP contribution is 2.02. The summed E-state index contributed by atoms with van der Waals surface area (Å²) in [4.78, 5) is 7.01. The van der Waals surface area contributed by atoms with Crippen LogP contribution in [0.1, 0.15) is 19.7 Å². The summed E-state index contributed by atoms with van der Waals surface area (Å²) in [6.45, 7) is 4.76. The molecule has 0 amide bonds. The lowest BCUT2D eigenvalue weighted by molar-refractivity contribution is 0.419. The highest BCUT2D eigenvalue weighted by Gasteiger charge is 2.21. The fraction of sp³-hybridized carbons (Fsp3) is 0.667. The number of nitrogens with one attached hydrogen (secondary N) is 3. The molecule has 0 unspecified atom stereocenters. The van der Waals surface area contributed by atoms with Gasteiger partial charge in [0.2, 0.25) is 10.0 Å². The number of aromatic nitrogens is 2. The molecule has 0 aromatic carbocycles. The van der Waals surface area contributed by atoms with Crippen LogP contribution in [0.4, 0.5) is 0 Å². The Balaban J connectivity index is 2.36. The lowest BCUT2D eigenvalue weighted by atomic mass is 10.1. The number of sulfonamides is 1. The summed E-state index contributed by atoms with van der Waals surface area (Å²) >= 11 is 0. The molecular weight excluding hydrogens is 228 g/mol. The van der Waals surface area contributed by atoms with E-state index in [1.54, 1.807) is 12.4 Å². The second kappa shape index (κ2) is 4.94. The summed E-state index contributed by atoms with van der Waals surface area (Å²) in [7, 11) is -3.18. The van der Waals surface area contributed by atoms with Crippen LogP contribution in [-0.2, 0) is 16.6 Å². The summed E-state index contributed by atoms with van der Waals surface area (Å²) in [5.74, 6) is 0.829. The molecule has 16 heavy (non-hydrogen) atoms. The molecule has 0 fully saturated rings. The molecule has 1 aromatic rings. The molecule has 0 aliphatic heterocycles. The maximum absolute atomic E-state index is 11.1. The van der Waals surface area contributed by atoms with Crippen LogP contribution < -0.4 is 10.0 Å². The van der Waals surface area contributed by atoms with Gasteiger partial charge in [-0.2, -0.15) is 0 Å². The van der Waals surface area contributed by atoms with Crippen LogP contribution in [0.3, 0.4) is 0 Å². The van der Waals surface area contributed by atoms with Crippen LogP contribution in [0.15, 0.2) is 12.4 Å². The molecule has 3 N–H and O–H groups in total. The average molecular weight is 246 g/mol. The summed E-state index contributed by atoms with van der Waals surface area (Å²) < 4.78 is 24.7. The second-order valence-corrected chi connectivity index (χ2v) is 6.15. The van der Waals surface area contributed by atoms with Gasteiger partial charge in [-0.3, -0.25) is 0 Å². The van der Waals surface area contributed by atoms with Crippen LogP contribution >= 0.6 is 0 Å². The Morgan fingerprint density at radius 1 is 1.50 bits per heavy atom. The Morgan fingerprint density at radius 3 is 2.69 bits per heavy atom. The van der Waals surface area contributed by atoms with Gasteiger partial charge in [0.05, 0.1) is 12.8 Å². The van der Waals surface area contributed by atoms with Crippen molar-refractivity contribution in [3.63, 3.8) is 0 Å². The van der Waals surface area contributed by atoms with Gasteiger partial charge in [0.1, 0.15) is 5.82 Å². The van der Waals surface area contributed by atoms with E-state index in [1.807, 2.05) is 13.8 Å². The molecule has 7 heteroatoms. The van der Waals surface area contributed by atoms with Crippen LogP contribution in [0.2, 0.25) is 0 Å². The number of aromatic amines is 1. The predicted molar refractivity (Wildman–Crippen MR) is 62.4 cm³/mol. The van der Waals surface area contributed by atoms with Crippen molar-refractivity contribution in [3.05, 3.63) is 18.2 Å². The molecule has 0 bridgehead atoms. The van der Waals surface area contributed by atoms with E-state index >= 15 is 0 Å². The van der Waals surface area contributed by atoms with Crippen LogP contribution in [0.5, 0.6) is 0 Å². The minimum atomic E-state index is -3.18. The molecule has 0 aliphatic rings. The third-order valence-electron chi connectivity index (χ3n) is 1.88. The number of hydrogen-bond donors (Lipinski definition) is 3. The van der Waals surface area contributed by atoms with E-state index < -0.39 is 15.6 Å². The van der Waals surface area contributed by atoms with Crippen molar-refractivity contribution in [1.82, 2.24) is 20.0 Å². The summed E-state index contributed by atoms with van der Waals surface area (Å²) in [5, 5.41) is 3.13. The molecule has 0 aliphatic carbocycles. The molecule has 0 saturated carbocycles. The SMILES string of the molecule is CC(C)(CNCc1ncc[nH]1)NS(C)(=O)=O. The smallest absolute Gasteiger partial charge is 0.209 e. The van der Waals surface area contributed by atoms with Gasteiger partial charge in [-0.05, 0) is 13.8 Å². The Kier molecular flexibility index (Phi) is 4.06. The summed E-state index contributed by atoms with van der Waals surface area (Å²) in [5.41, 5.74) is -0.514. The highest BCUT2D eigenvalue weighted by atomic mass is 32.2. The molecule has 6 nitrogen and oxygen atoms in total. The van der Waals surface area contributed by atoms with E-state index in [1.165, 1.54) is 0 Å². The first-order valence-electron chi connectivity index (χ1n) is 4.96. The first-order chi connectivity index (χ1) is 7.29. The van der Waals surface area contributed by atoms with Crippen molar-refractivity contribution in [2.45, 2.75) is 25.9 Å². The highest BCUT2D eigenvalue weighted by molar-refractivity contribution is 7.88. The van der Waals surface area contributed by atoms with E-state index in [9.17, 15) is 8.42 Å². The number of imidazole rings is 1. The third-order valence-corrected chi connectivity index (χ3v) is 2.80. The fourth-order valence-corrected chi connectivity index (χ4v) is 2.50. The van der Waals surface area contributed by atoms with Crippen LogP contribution in [-0.4, -0.2) is 36.7 Å². The van der Waals surface area contributed by atoms with Crippen LogP contribution in [0.25, 0.3) is 0 Å². The Bertz CT molecular complexity index is 411. The Hall–Kier alpha value is -0.920. The largest absolute Gasteiger partial charge is 0.348 e. The number of hydrogen-bond acceptors (Lipinski definition) is 4. The summed E-state index contributed by atoms with van der Waals surface area (Å²) in [6, 6.07) is 0. The molecule has 1 rings (SSSR count). The zero-order valence-electron chi connectivity index (χ0n) is 9.74. The molecule has 0 radical (unpaired) electrons. The minimum absolute atomic E-state index is 0.514. The van der Waals surface area contributed by atoms with E-state index in [0.717, 1.165) is 12.1 Å². The molecule has 1 heterocycles. The van der Waals surface area contributed by atoms with Gasteiger partial charge in [0, 0.05) is 24.5 Å². The lowest BCUT2D eigenvalue weighted by Gasteiger charge is -2.25. The summed E-state index contributed by atoms with van der Waals surface area (Å²) in [6.07, 6.45) is 4.58. The number of rotatable bonds is 6. The van der Waals surface area contributed by atoms with Gasteiger partial charge < -0.3 is 10.3 Å². The monoisotopic (exact) mass is 246 g/mol. The number of H-pyrrole nitrogens is 1. The van der Waals surface area contributed by atoms with Gasteiger partial charge >= 0.3 is 0 Å². The van der Waals surface area contributed by atoms with Gasteiger partial charge in [-0.15, -0.1) is 0 Å². The fourth-order valence-electron chi connectivity index (χ4n) is 1.43. The molecule has 0 saturated heterocycles. The first kappa shape index (κ1) is 13.1. The Labute approximate surface area is 95.9 Å². The zero-order valence-corrected chi connectivity index (χ0v) is 10.6. The minimum Gasteiger partial charge on any atom is -0.348 e. The molecule has 0 spiro atoms. The van der Waals surface area contributed by atoms with Crippen LogP contribution in [0, 0.1) is 0 Å². The molecular formula is C9H18N4O2S. The van der Waals surface area contributed by atoms with Crippen molar-refractivity contribution in [2.75, 3.05) is 12.8 Å². The maximum atomic E-state index is 11.1. The normalized spacial score (nSPS) is 12.9. The lowest BCUT2D eigenvalue weighted by Crippen LogP contribution is -2.49. The second-order valence-electron chi connectivity index (χ2n) is 4.40. The van der Waals surface area contributed by atoms with Gasteiger partial charge in [0.15, 0.2) is 0 Å². The third kappa shape index (κ3) is 5.24. The van der Waals surface area contributed by atoms with Crippen molar-refractivity contribution in [2.24, 2.45) is 0 Å². The van der Waals surface area contributed by atoms with E-state index in [-0.39, 0.29) is 0 Å². The van der Waals surface area contributed by atoms with Gasteiger partial charge in [0.25, 0.3) is 0 Å². The zero-order chi connectivity index (χ0) is 12.2. The Morgan fingerprint density at radius 2 is 2.19 bits per heavy atom. The van der Waals surface area contributed by atoms with Crippen molar-refractivity contribution in [3.8, 4) is 0 Å². The standard InChI is InChI=1S/C9H18N4O2S/c1-9(2,13-16(3,14)15)7-10-6-8-11-4-5-12-8/h4-5,10,13H,6-7H2,1-3H3,(H,11,12).